The van der Waals surface area contributed by atoms with Crippen LogP contribution in [0, 0.1) is 12.8 Å². The van der Waals surface area contributed by atoms with Crippen LogP contribution in [0.5, 0.6) is 0 Å². The average Bonchev–Trinajstić information content (AvgIpc) is 2.67. The number of amides is 2. The Labute approximate surface area is 155 Å². The summed E-state index contributed by atoms with van der Waals surface area (Å²) in [6.45, 7) is 5.55. The van der Waals surface area contributed by atoms with Crippen LogP contribution in [0.2, 0.25) is 0 Å². The normalized spacial score (nSPS) is 17.2. The monoisotopic (exact) mass is 362 g/mol. The van der Waals surface area contributed by atoms with Crippen molar-refractivity contribution in [3.05, 3.63) is 35.4 Å². The summed E-state index contributed by atoms with van der Waals surface area (Å²) in [5.74, 6) is -0.0927. The van der Waals surface area contributed by atoms with Gasteiger partial charge in [-0.25, -0.2) is 0 Å². The van der Waals surface area contributed by atoms with E-state index in [-0.39, 0.29) is 17.7 Å². The second-order valence-corrected chi connectivity index (χ2v) is 6.71. The number of carbonyl (C=O) groups is 2. The van der Waals surface area contributed by atoms with Gasteiger partial charge in [-0.1, -0.05) is 17.7 Å². The molecule has 0 radical (unpaired) electrons. The Kier molecular flexibility index (Phi) is 8.58. The van der Waals surface area contributed by atoms with Gasteiger partial charge in [0, 0.05) is 38.9 Å². The van der Waals surface area contributed by atoms with Gasteiger partial charge in [0.25, 0.3) is 5.91 Å². The van der Waals surface area contributed by atoms with Crippen molar-refractivity contribution >= 4 is 11.8 Å². The first-order valence-corrected chi connectivity index (χ1v) is 9.32. The summed E-state index contributed by atoms with van der Waals surface area (Å²) < 4.78 is 10.3. The van der Waals surface area contributed by atoms with Crippen molar-refractivity contribution in [3.8, 4) is 0 Å². The molecule has 2 rings (SSSR count). The van der Waals surface area contributed by atoms with Gasteiger partial charge in [-0.3, -0.25) is 9.59 Å². The molecule has 1 aliphatic rings. The molecular formula is C20H30N2O4. The molecule has 1 aliphatic heterocycles. The lowest BCUT2D eigenvalue weighted by molar-refractivity contribution is -0.126. The maximum absolute atomic E-state index is 12.6. The summed E-state index contributed by atoms with van der Waals surface area (Å²) >= 11 is 0. The third-order valence-corrected chi connectivity index (χ3v) is 4.57. The molecular weight excluding hydrogens is 332 g/mol. The summed E-state index contributed by atoms with van der Waals surface area (Å²) in [7, 11) is 1.64. The van der Waals surface area contributed by atoms with Gasteiger partial charge in [0.15, 0.2) is 0 Å². The maximum Gasteiger partial charge on any atom is 0.253 e. The predicted octanol–water partition coefficient (Wildman–Crippen LogP) is 2.02. The first-order valence-electron chi connectivity index (χ1n) is 9.32. The molecule has 6 heteroatoms. The molecule has 1 heterocycles. The molecule has 2 amide bonds. The van der Waals surface area contributed by atoms with Crippen molar-refractivity contribution in [2.75, 3.05) is 46.6 Å². The Morgan fingerprint density at radius 3 is 2.69 bits per heavy atom. The van der Waals surface area contributed by atoms with Crippen molar-refractivity contribution < 1.29 is 19.1 Å². The molecule has 1 saturated heterocycles. The second kappa shape index (κ2) is 10.9. The number of hydrogen-bond donors (Lipinski definition) is 1. The zero-order valence-corrected chi connectivity index (χ0v) is 15.8. The van der Waals surface area contributed by atoms with Gasteiger partial charge < -0.3 is 19.7 Å². The van der Waals surface area contributed by atoms with Gasteiger partial charge in [0.1, 0.15) is 0 Å². The van der Waals surface area contributed by atoms with Gasteiger partial charge in [-0.15, -0.1) is 0 Å². The highest BCUT2D eigenvalue weighted by atomic mass is 16.5. The maximum atomic E-state index is 12.6. The number of nitrogens with one attached hydrogen (secondary N) is 1. The first-order chi connectivity index (χ1) is 12.6. The Balaban J connectivity index is 1.73. The van der Waals surface area contributed by atoms with E-state index in [0.717, 1.165) is 24.8 Å². The number of piperidine rings is 1. The lowest BCUT2D eigenvalue weighted by Crippen LogP contribution is -2.45. The van der Waals surface area contributed by atoms with Gasteiger partial charge in [0.05, 0.1) is 19.1 Å². The Bertz CT molecular complexity index is 574. The number of likely N-dealkylation sites (tertiary alicyclic amines) is 1. The Hall–Kier alpha value is -1.92. The molecule has 0 unspecified atom stereocenters. The van der Waals surface area contributed by atoms with Gasteiger partial charge in [-0.05, 0) is 38.3 Å². The van der Waals surface area contributed by atoms with E-state index >= 15 is 0 Å². The molecule has 1 aromatic carbocycles. The van der Waals surface area contributed by atoms with Crippen LogP contribution >= 0.6 is 0 Å². The summed E-state index contributed by atoms with van der Waals surface area (Å²) in [5, 5.41) is 2.96. The molecule has 0 bridgehead atoms. The van der Waals surface area contributed by atoms with E-state index in [1.165, 1.54) is 0 Å². The minimum Gasteiger partial charge on any atom is -0.382 e. The van der Waals surface area contributed by atoms with Crippen LogP contribution in [0.1, 0.15) is 35.2 Å². The van der Waals surface area contributed by atoms with Crippen LogP contribution in [-0.4, -0.2) is 63.3 Å². The number of nitrogens with zero attached hydrogens (tertiary/aromatic N) is 1. The molecule has 6 nitrogen and oxygen atoms in total. The van der Waals surface area contributed by atoms with Gasteiger partial charge in [-0.2, -0.15) is 0 Å². The largest absolute Gasteiger partial charge is 0.382 e. The van der Waals surface area contributed by atoms with Crippen LogP contribution in [0.15, 0.2) is 24.3 Å². The zero-order valence-electron chi connectivity index (χ0n) is 15.8. The number of carbonyl (C=O) groups excluding carboxylic acids is 2. The number of hydrogen-bond acceptors (Lipinski definition) is 4. The number of methoxy groups -OCH3 is 1. The fourth-order valence-corrected chi connectivity index (χ4v) is 3.03. The fraction of sp³-hybridized carbons (Fsp3) is 0.600. The molecule has 26 heavy (non-hydrogen) atoms. The molecule has 0 saturated carbocycles. The zero-order chi connectivity index (χ0) is 18.8. The highest BCUT2D eigenvalue weighted by Crippen LogP contribution is 2.19. The van der Waals surface area contributed by atoms with Gasteiger partial charge in [0.2, 0.25) is 5.91 Å². The standard InChI is InChI=1S/C20H30N2O4/c1-16-6-8-17(9-7-16)20(24)22-11-3-5-18(15-22)19(23)21-10-4-12-26-14-13-25-2/h6-9,18H,3-5,10-15H2,1-2H3,(H,21,23)/t18-/m0/s1. The molecule has 0 spiro atoms. The number of ether oxygens (including phenoxy) is 2. The summed E-state index contributed by atoms with van der Waals surface area (Å²) in [6, 6.07) is 7.59. The van der Waals surface area contributed by atoms with E-state index in [0.29, 0.717) is 45.0 Å². The van der Waals surface area contributed by atoms with E-state index in [4.69, 9.17) is 9.47 Å². The van der Waals surface area contributed by atoms with Crippen molar-refractivity contribution in [1.29, 1.82) is 0 Å². The quantitative estimate of drug-likeness (QED) is 0.683. The summed E-state index contributed by atoms with van der Waals surface area (Å²) in [4.78, 5) is 26.8. The lowest BCUT2D eigenvalue weighted by Gasteiger charge is -2.32. The molecule has 1 atom stereocenters. The van der Waals surface area contributed by atoms with Crippen LogP contribution in [0.4, 0.5) is 0 Å². The third-order valence-electron chi connectivity index (χ3n) is 4.57. The van der Waals surface area contributed by atoms with E-state index in [9.17, 15) is 9.59 Å². The molecule has 144 valence electrons. The van der Waals surface area contributed by atoms with E-state index < -0.39 is 0 Å². The highest BCUT2D eigenvalue weighted by Gasteiger charge is 2.28. The molecule has 1 aromatic rings. The smallest absolute Gasteiger partial charge is 0.253 e. The van der Waals surface area contributed by atoms with Crippen LogP contribution in [0.3, 0.4) is 0 Å². The number of rotatable bonds is 9. The van der Waals surface area contributed by atoms with E-state index in [1.807, 2.05) is 31.2 Å². The van der Waals surface area contributed by atoms with Gasteiger partial charge >= 0.3 is 0 Å². The summed E-state index contributed by atoms with van der Waals surface area (Å²) in [6.07, 6.45) is 2.46. The Morgan fingerprint density at radius 1 is 1.19 bits per heavy atom. The summed E-state index contributed by atoms with van der Waals surface area (Å²) in [5.41, 5.74) is 1.81. The second-order valence-electron chi connectivity index (χ2n) is 6.71. The van der Waals surface area contributed by atoms with Crippen molar-refractivity contribution in [2.24, 2.45) is 5.92 Å². The van der Waals surface area contributed by atoms with Crippen molar-refractivity contribution in [1.82, 2.24) is 10.2 Å². The number of aryl methyl sites for hydroxylation is 1. The van der Waals surface area contributed by atoms with Crippen LogP contribution < -0.4 is 5.32 Å². The highest BCUT2D eigenvalue weighted by molar-refractivity contribution is 5.94. The Morgan fingerprint density at radius 2 is 1.96 bits per heavy atom. The van der Waals surface area contributed by atoms with Crippen LogP contribution in [-0.2, 0) is 14.3 Å². The minimum atomic E-state index is -0.132. The fourth-order valence-electron chi connectivity index (χ4n) is 3.03. The average molecular weight is 362 g/mol. The van der Waals surface area contributed by atoms with Crippen molar-refractivity contribution in [3.63, 3.8) is 0 Å². The van der Waals surface area contributed by atoms with Crippen molar-refractivity contribution in [2.45, 2.75) is 26.2 Å². The van der Waals surface area contributed by atoms with E-state index in [1.54, 1.807) is 12.0 Å². The molecule has 0 aromatic heterocycles. The molecule has 1 N–H and O–H groups in total. The predicted molar refractivity (Wildman–Crippen MR) is 100 cm³/mol. The SMILES string of the molecule is COCCOCCCNC(=O)[C@H]1CCCN(C(=O)c2ccc(C)cc2)C1. The topological polar surface area (TPSA) is 67.9 Å². The molecule has 0 aliphatic carbocycles. The third kappa shape index (κ3) is 6.42. The first kappa shape index (κ1) is 20.4. The lowest BCUT2D eigenvalue weighted by atomic mass is 9.96. The van der Waals surface area contributed by atoms with E-state index in [2.05, 4.69) is 5.32 Å². The van der Waals surface area contributed by atoms with Crippen LogP contribution in [0.25, 0.3) is 0 Å². The number of benzene rings is 1. The minimum absolute atomic E-state index is 0.00837. The molecule has 1 fully saturated rings.